The van der Waals surface area contributed by atoms with Crippen LogP contribution in [-0.4, -0.2) is 25.6 Å². The number of hydrogen-bond donors (Lipinski definition) is 1. The molecule has 0 heterocycles. The number of benzene rings is 2. The predicted molar refractivity (Wildman–Crippen MR) is 97.2 cm³/mol. The molecule has 0 aliphatic heterocycles. The van der Waals surface area contributed by atoms with Gasteiger partial charge in [-0.1, -0.05) is 17.7 Å². The average molecular weight is 362 g/mol. The molecule has 0 bridgehead atoms. The Labute approximate surface area is 151 Å². The summed E-state index contributed by atoms with van der Waals surface area (Å²) in [5, 5.41) is 3.21. The number of anilines is 1. The Morgan fingerprint density at radius 2 is 1.76 bits per heavy atom. The average Bonchev–Trinajstić information content (AvgIpc) is 2.52. The second-order valence-electron chi connectivity index (χ2n) is 5.72. The minimum Gasteiger partial charge on any atom is -0.496 e. The van der Waals surface area contributed by atoms with Gasteiger partial charge in [0.15, 0.2) is 6.61 Å². The van der Waals surface area contributed by atoms with E-state index < -0.39 is 11.9 Å². The van der Waals surface area contributed by atoms with Gasteiger partial charge in [-0.3, -0.25) is 9.59 Å². The lowest BCUT2D eigenvalue weighted by Crippen LogP contribution is -2.21. The Bertz CT molecular complexity index is 769. The largest absolute Gasteiger partial charge is 0.496 e. The standard InChI is InChI=1S/C19H20ClNO4/c1-12-6-13(2)8-16(7-12)21-18(22)11-25-19(23)10-14-9-15(20)4-5-17(14)24-3/h4-9H,10-11H2,1-3H3,(H,21,22). The molecular weight excluding hydrogens is 342 g/mol. The highest BCUT2D eigenvalue weighted by atomic mass is 35.5. The van der Waals surface area contributed by atoms with Crippen LogP contribution in [-0.2, 0) is 20.7 Å². The number of methoxy groups -OCH3 is 1. The third-order valence-electron chi connectivity index (χ3n) is 3.45. The minimum atomic E-state index is -0.531. The summed E-state index contributed by atoms with van der Waals surface area (Å²) in [6.45, 7) is 3.54. The summed E-state index contributed by atoms with van der Waals surface area (Å²) < 4.78 is 10.2. The molecule has 5 nitrogen and oxygen atoms in total. The lowest BCUT2D eigenvalue weighted by molar-refractivity contribution is -0.146. The summed E-state index contributed by atoms with van der Waals surface area (Å²) in [5.41, 5.74) is 3.37. The molecule has 0 aliphatic rings. The van der Waals surface area contributed by atoms with Crippen molar-refractivity contribution in [2.24, 2.45) is 0 Å². The Hall–Kier alpha value is -2.53. The molecule has 25 heavy (non-hydrogen) atoms. The number of ether oxygens (including phenoxy) is 2. The van der Waals surface area contributed by atoms with Crippen LogP contribution in [0.2, 0.25) is 5.02 Å². The number of nitrogens with one attached hydrogen (secondary N) is 1. The Morgan fingerprint density at radius 3 is 2.40 bits per heavy atom. The van der Waals surface area contributed by atoms with Crippen LogP contribution in [0.3, 0.4) is 0 Å². The second-order valence-corrected chi connectivity index (χ2v) is 6.15. The van der Waals surface area contributed by atoms with Gasteiger partial charge >= 0.3 is 5.97 Å². The Morgan fingerprint density at radius 1 is 1.08 bits per heavy atom. The van der Waals surface area contributed by atoms with Gasteiger partial charge in [-0.25, -0.2) is 0 Å². The first kappa shape index (κ1) is 18.8. The molecule has 2 rings (SSSR count). The summed E-state index contributed by atoms with van der Waals surface area (Å²) in [5.74, 6) is -0.381. The van der Waals surface area contributed by atoms with Gasteiger partial charge in [0.1, 0.15) is 5.75 Å². The molecule has 132 valence electrons. The summed E-state index contributed by atoms with van der Waals surface area (Å²) in [7, 11) is 1.51. The fourth-order valence-electron chi connectivity index (χ4n) is 2.48. The number of carbonyl (C=O) groups is 2. The van der Waals surface area contributed by atoms with Crippen LogP contribution in [0, 0.1) is 13.8 Å². The maximum atomic E-state index is 12.0. The van der Waals surface area contributed by atoms with Gasteiger partial charge in [0.25, 0.3) is 5.91 Å². The van der Waals surface area contributed by atoms with Gasteiger partial charge in [0.05, 0.1) is 13.5 Å². The number of aryl methyl sites for hydroxylation is 2. The van der Waals surface area contributed by atoms with Crippen LogP contribution < -0.4 is 10.1 Å². The summed E-state index contributed by atoms with van der Waals surface area (Å²) in [6, 6.07) is 10.7. The summed E-state index contributed by atoms with van der Waals surface area (Å²) >= 11 is 5.93. The summed E-state index contributed by atoms with van der Waals surface area (Å²) in [4.78, 5) is 23.9. The van der Waals surface area contributed by atoms with Gasteiger partial charge in [0.2, 0.25) is 0 Å². The molecule has 6 heteroatoms. The Balaban J connectivity index is 1.89. The van der Waals surface area contributed by atoms with Crippen LogP contribution in [0.1, 0.15) is 16.7 Å². The first-order valence-electron chi connectivity index (χ1n) is 7.73. The molecule has 0 radical (unpaired) electrons. The van der Waals surface area contributed by atoms with E-state index in [1.54, 1.807) is 18.2 Å². The fourth-order valence-corrected chi connectivity index (χ4v) is 2.68. The second kappa shape index (κ2) is 8.53. The third kappa shape index (κ3) is 5.80. The van der Waals surface area contributed by atoms with E-state index in [0.717, 1.165) is 11.1 Å². The quantitative estimate of drug-likeness (QED) is 0.797. The number of rotatable bonds is 6. The van der Waals surface area contributed by atoms with Crippen molar-refractivity contribution in [3.8, 4) is 5.75 Å². The van der Waals surface area contributed by atoms with Gasteiger partial charge in [-0.2, -0.15) is 0 Å². The third-order valence-corrected chi connectivity index (χ3v) is 3.68. The lowest BCUT2D eigenvalue weighted by Gasteiger charge is -2.10. The van der Waals surface area contributed by atoms with Gasteiger partial charge < -0.3 is 14.8 Å². The molecular formula is C19H20ClNO4. The minimum absolute atomic E-state index is 0.0272. The topological polar surface area (TPSA) is 64.6 Å². The highest BCUT2D eigenvalue weighted by molar-refractivity contribution is 6.30. The maximum absolute atomic E-state index is 12.0. The zero-order valence-corrected chi connectivity index (χ0v) is 15.1. The molecule has 0 saturated carbocycles. The number of esters is 1. The van der Waals surface area contributed by atoms with Crippen molar-refractivity contribution in [3.05, 3.63) is 58.1 Å². The van der Waals surface area contributed by atoms with E-state index in [1.165, 1.54) is 7.11 Å². The smallest absolute Gasteiger partial charge is 0.310 e. The highest BCUT2D eigenvalue weighted by Gasteiger charge is 2.13. The molecule has 0 aromatic heterocycles. The van der Waals surface area contributed by atoms with E-state index in [9.17, 15) is 9.59 Å². The van der Waals surface area contributed by atoms with Crippen molar-refractivity contribution < 1.29 is 19.1 Å². The van der Waals surface area contributed by atoms with Crippen LogP contribution in [0.5, 0.6) is 5.75 Å². The zero-order chi connectivity index (χ0) is 18.4. The molecule has 0 fully saturated rings. The van der Waals surface area contributed by atoms with Gasteiger partial charge in [0, 0.05) is 16.3 Å². The predicted octanol–water partition coefficient (Wildman–Crippen LogP) is 3.69. The summed E-state index contributed by atoms with van der Waals surface area (Å²) in [6.07, 6.45) is -0.0272. The van der Waals surface area contributed by atoms with Crippen molar-refractivity contribution in [1.82, 2.24) is 0 Å². The molecule has 1 N–H and O–H groups in total. The first-order chi connectivity index (χ1) is 11.9. The van der Waals surface area contributed by atoms with Crippen molar-refractivity contribution in [2.75, 3.05) is 19.0 Å². The van der Waals surface area contributed by atoms with Crippen LogP contribution >= 0.6 is 11.6 Å². The fraction of sp³-hybridized carbons (Fsp3) is 0.263. The number of carbonyl (C=O) groups excluding carboxylic acids is 2. The Kier molecular flexibility index (Phi) is 6.42. The van der Waals surface area contributed by atoms with E-state index in [-0.39, 0.29) is 13.0 Å². The van der Waals surface area contributed by atoms with E-state index in [0.29, 0.717) is 22.0 Å². The molecule has 0 aliphatic carbocycles. The van der Waals surface area contributed by atoms with E-state index in [4.69, 9.17) is 21.1 Å². The number of halogens is 1. The van der Waals surface area contributed by atoms with Crippen LogP contribution in [0.25, 0.3) is 0 Å². The van der Waals surface area contributed by atoms with E-state index in [1.807, 2.05) is 32.0 Å². The van der Waals surface area contributed by atoms with Crippen molar-refractivity contribution in [1.29, 1.82) is 0 Å². The molecule has 2 aromatic carbocycles. The molecule has 0 atom stereocenters. The lowest BCUT2D eigenvalue weighted by atomic mass is 10.1. The van der Waals surface area contributed by atoms with Crippen molar-refractivity contribution in [3.63, 3.8) is 0 Å². The van der Waals surface area contributed by atoms with Crippen molar-refractivity contribution >= 4 is 29.2 Å². The monoisotopic (exact) mass is 361 g/mol. The highest BCUT2D eigenvalue weighted by Crippen LogP contribution is 2.23. The molecule has 2 aromatic rings. The zero-order valence-electron chi connectivity index (χ0n) is 14.4. The SMILES string of the molecule is COc1ccc(Cl)cc1CC(=O)OCC(=O)Nc1cc(C)cc(C)c1. The normalized spacial score (nSPS) is 10.2. The van der Waals surface area contributed by atoms with Crippen LogP contribution in [0.4, 0.5) is 5.69 Å². The molecule has 0 saturated heterocycles. The molecule has 0 spiro atoms. The molecule has 0 unspecified atom stereocenters. The van der Waals surface area contributed by atoms with E-state index in [2.05, 4.69) is 5.32 Å². The molecule has 1 amide bonds. The number of amides is 1. The van der Waals surface area contributed by atoms with E-state index >= 15 is 0 Å². The van der Waals surface area contributed by atoms with Gasteiger partial charge in [-0.15, -0.1) is 0 Å². The van der Waals surface area contributed by atoms with Crippen molar-refractivity contribution in [2.45, 2.75) is 20.3 Å². The van der Waals surface area contributed by atoms with Crippen LogP contribution in [0.15, 0.2) is 36.4 Å². The van der Waals surface area contributed by atoms with Gasteiger partial charge in [-0.05, 0) is 55.3 Å². The first-order valence-corrected chi connectivity index (χ1v) is 8.11. The maximum Gasteiger partial charge on any atom is 0.310 e. The number of hydrogen-bond acceptors (Lipinski definition) is 4.